The third-order valence-electron chi connectivity index (χ3n) is 3.71. The monoisotopic (exact) mass is 469 g/mol. The number of aliphatic hydroxyl groups is 1. The Kier molecular flexibility index (Phi) is 6.30. The van der Waals surface area contributed by atoms with Gasteiger partial charge in [0.1, 0.15) is 18.3 Å². The summed E-state index contributed by atoms with van der Waals surface area (Å²) < 4.78 is 1.59. The molecule has 0 aliphatic rings. The van der Waals surface area contributed by atoms with E-state index in [0.29, 0.717) is 20.9 Å². The predicted octanol–water partition coefficient (Wildman–Crippen LogP) is 4.27. The maximum absolute atomic E-state index is 11.4. The summed E-state index contributed by atoms with van der Waals surface area (Å²) in [7, 11) is 0. The lowest BCUT2D eigenvalue weighted by molar-refractivity contribution is -0.0341. The van der Waals surface area contributed by atoms with Crippen molar-refractivity contribution in [1.82, 2.24) is 14.8 Å². The molecule has 1 aromatic carbocycles. The molecule has 2 aromatic rings. The standard InChI is InChI=1S/C14H15Br2Cl2N3O/c1-9(12(16)5-15)14(22,6-21-8-19-7-20-21)11-3-2-10(17)4-13(11)18/h2-4,7-9,12,22H,5-6H2,1H3. The van der Waals surface area contributed by atoms with Crippen molar-refractivity contribution >= 4 is 55.1 Å². The Morgan fingerprint density at radius 2 is 2.14 bits per heavy atom. The van der Waals surface area contributed by atoms with Gasteiger partial charge in [0, 0.05) is 31.7 Å². The molecule has 4 nitrogen and oxygen atoms in total. The number of hydrogen-bond donors (Lipinski definition) is 1. The van der Waals surface area contributed by atoms with E-state index in [1.807, 2.05) is 6.92 Å². The van der Waals surface area contributed by atoms with Crippen LogP contribution in [0, 0.1) is 5.92 Å². The molecular formula is C14H15Br2Cl2N3O. The minimum atomic E-state index is -1.22. The smallest absolute Gasteiger partial charge is 0.137 e. The van der Waals surface area contributed by atoms with Crippen LogP contribution in [0.15, 0.2) is 30.9 Å². The molecule has 22 heavy (non-hydrogen) atoms. The Morgan fingerprint density at radius 3 is 2.68 bits per heavy atom. The maximum atomic E-state index is 11.4. The summed E-state index contributed by atoms with van der Waals surface area (Å²) in [5, 5.41) is 17.2. The van der Waals surface area contributed by atoms with Crippen LogP contribution in [-0.4, -0.2) is 30.0 Å². The number of nitrogens with zero attached hydrogens (tertiary/aromatic N) is 3. The van der Waals surface area contributed by atoms with E-state index in [9.17, 15) is 5.11 Å². The van der Waals surface area contributed by atoms with Gasteiger partial charge >= 0.3 is 0 Å². The molecule has 0 fully saturated rings. The zero-order valence-corrected chi connectivity index (χ0v) is 16.4. The van der Waals surface area contributed by atoms with Crippen molar-refractivity contribution in [2.75, 3.05) is 5.33 Å². The molecule has 2 rings (SSSR count). The number of halogens is 4. The van der Waals surface area contributed by atoms with E-state index < -0.39 is 5.60 Å². The molecule has 0 radical (unpaired) electrons. The Morgan fingerprint density at radius 1 is 1.41 bits per heavy atom. The van der Waals surface area contributed by atoms with E-state index in [1.165, 1.54) is 6.33 Å². The van der Waals surface area contributed by atoms with Crippen molar-refractivity contribution < 1.29 is 5.11 Å². The quantitative estimate of drug-likeness (QED) is 0.640. The fraction of sp³-hybridized carbons (Fsp3) is 0.429. The summed E-state index contributed by atoms with van der Waals surface area (Å²) in [5.74, 6) is -0.144. The second kappa shape index (κ2) is 7.62. The van der Waals surface area contributed by atoms with E-state index in [-0.39, 0.29) is 17.3 Å². The van der Waals surface area contributed by atoms with Gasteiger partial charge in [-0.3, -0.25) is 0 Å². The summed E-state index contributed by atoms with van der Waals surface area (Å²) in [6, 6.07) is 5.11. The molecule has 0 spiro atoms. The third kappa shape index (κ3) is 3.85. The SMILES string of the molecule is CC(C(Br)CBr)C(O)(Cn1cncn1)c1ccc(Cl)cc1Cl. The molecule has 120 valence electrons. The van der Waals surface area contributed by atoms with Crippen molar-refractivity contribution in [2.45, 2.75) is 23.9 Å². The molecule has 0 aliphatic carbocycles. The Labute approximate surface area is 156 Å². The van der Waals surface area contributed by atoms with Gasteiger partial charge in [-0.15, -0.1) is 0 Å². The van der Waals surface area contributed by atoms with Crippen molar-refractivity contribution in [1.29, 1.82) is 0 Å². The van der Waals surface area contributed by atoms with Crippen molar-refractivity contribution in [3.8, 4) is 0 Å². The minimum Gasteiger partial charge on any atom is -0.383 e. The molecular weight excluding hydrogens is 457 g/mol. The fourth-order valence-electron chi connectivity index (χ4n) is 2.31. The van der Waals surface area contributed by atoms with Crippen molar-refractivity contribution in [3.05, 3.63) is 46.5 Å². The van der Waals surface area contributed by atoms with E-state index >= 15 is 0 Å². The second-order valence-corrected chi connectivity index (χ2v) is 7.77. The average molecular weight is 472 g/mol. The van der Waals surface area contributed by atoms with Crippen LogP contribution in [0.25, 0.3) is 0 Å². The number of benzene rings is 1. The van der Waals surface area contributed by atoms with Gasteiger partial charge in [-0.05, 0) is 12.1 Å². The lowest BCUT2D eigenvalue weighted by Crippen LogP contribution is -2.43. The van der Waals surface area contributed by atoms with Crippen LogP contribution in [0.1, 0.15) is 12.5 Å². The lowest BCUT2D eigenvalue weighted by Gasteiger charge is -2.37. The Hall–Kier alpha value is -0.140. The highest BCUT2D eigenvalue weighted by Gasteiger charge is 2.41. The molecule has 3 atom stereocenters. The number of alkyl halides is 2. The van der Waals surface area contributed by atoms with Gasteiger partial charge in [0.15, 0.2) is 0 Å². The maximum Gasteiger partial charge on any atom is 0.137 e. The van der Waals surface area contributed by atoms with Crippen molar-refractivity contribution in [2.24, 2.45) is 5.92 Å². The topological polar surface area (TPSA) is 50.9 Å². The van der Waals surface area contributed by atoms with Crippen molar-refractivity contribution in [3.63, 3.8) is 0 Å². The highest BCUT2D eigenvalue weighted by atomic mass is 79.9. The first-order chi connectivity index (χ1) is 10.4. The Balaban J connectivity index is 2.48. The molecule has 0 bridgehead atoms. The summed E-state index contributed by atoms with van der Waals surface area (Å²) in [6.07, 6.45) is 3.00. The second-order valence-electron chi connectivity index (χ2n) is 5.10. The summed E-state index contributed by atoms with van der Waals surface area (Å²) in [5.41, 5.74) is -0.607. The highest BCUT2D eigenvalue weighted by molar-refractivity contribution is 9.12. The molecule has 0 aliphatic heterocycles. The van der Waals surface area contributed by atoms with Gasteiger partial charge in [0.05, 0.1) is 6.54 Å². The number of rotatable bonds is 6. The van der Waals surface area contributed by atoms with Crippen LogP contribution in [0.2, 0.25) is 10.0 Å². The molecule has 1 N–H and O–H groups in total. The van der Waals surface area contributed by atoms with E-state index in [4.69, 9.17) is 23.2 Å². The number of aromatic nitrogens is 3. The van der Waals surface area contributed by atoms with Crippen LogP contribution < -0.4 is 0 Å². The van der Waals surface area contributed by atoms with Crippen LogP contribution in [-0.2, 0) is 12.1 Å². The third-order valence-corrected chi connectivity index (χ3v) is 6.94. The van der Waals surface area contributed by atoms with Crippen LogP contribution in [0.3, 0.4) is 0 Å². The highest BCUT2D eigenvalue weighted by Crippen LogP contribution is 2.40. The Bertz CT molecular complexity index is 627. The van der Waals surface area contributed by atoms with Gasteiger partial charge in [-0.1, -0.05) is 68.1 Å². The van der Waals surface area contributed by atoms with E-state index in [2.05, 4.69) is 41.9 Å². The summed E-state index contributed by atoms with van der Waals surface area (Å²) in [6.45, 7) is 2.20. The first kappa shape index (κ1) is 18.2. The zero-order chi connectivity index (χ0) is 16.3. The van der Waals surface area contributed by atoms with Gasteiger partial charge < -0.3 is 5.11 Å². The van der Waals surface area contributed by atoms with E-state index in [0.717, 1.165) is 0 Å². The largest absolute Gasteiger partial charge is 0.383 e. The average Bonchev–Trinajstić information content (AvgIpc) is 2.98. The van der Waals surface area contributed by atoms with Crippen LogP contribution in [0.5, 0.6) is 0 Å². The molecule has 0 amide bonds. The van der Waals surface area contributed by atoms with Crippen LogP contribution >= 0.6 is 55.1 Å². The van der Waals surface area contributed by atoms with Gasteiger partial charge in [-0.2, -0.15) is 5.10 Å². The summed E-state index contributed by atoms with van der Waals surface area (Å²) in [4.78, 5) is 3.98. The first-order valence-corrected chi connectivity index (χ1v) is 9.38. The molecule has 8 heteroatoms. The van der Waals surface area contributed by atoms with Gasteiger partial charge in [0.2, 0.25) is 0 Å². The van der Waals surface area contributed by atoms with E-state index in [1.54, 1.807) is 29.2 Å². The molecule has 0 saturated heterocycles. The fourth-order valence-corrected chi connectivity index (χ4v) is 3.88. The van der Waals surface area contributed by atoms with Gasteiger partial charge in [0.25, 0.3) is 0 Å². The molecule has 1 aromatic heterocycles. The predicted molar refractivity (Wildman–Crippen MR) is 96.1 cm³/mol. The summed E-state index contributed by atoms with van der Waals surface area (Å²) >= 11 is 19.3. The molecule has 1 heterocycles. The molecule has 3 unspecified atom stereocenters. The number of hydrogen-bond acceptors (Lipinski definition) is 3. The van der Waals surface area contributed by atoms with Gasteiger partial charge in [-0.25, -0.2) is 9.67 Å². The first-order valence-electron chi connectivity index (χ1n) is 6.59. The zero-order valence-electron chi connectivity index (χ0n) is 11.8. The minimum absolute atomic E-state index is 0.0489. The molecule has 0 saturated carbocycles. The lowest BCUT2D eigenvalue weighted by atomic mass is 9.80. The normalized spacial score (nSPS) is 17.0. The van der Waals surface area contributed by atoms with Crippen LogP contribution in [0.4, 0.5) is 0 Å².